The first-order chi connectivity index (χ1) is 12.7. The summed E-state index contributed by atoms with van der Waals surface area (Å²) in [6, 6.07) is 12.4. The highest BCUT2D eigenvalue weighted by molar-refractivity contribution is 5.88. The molecule has 0 atom stereocenters. The second kappa shape index (κ2) is 6.45. The number of nitriles is 1. The number of hydrogen-bond acceptors (Lipinski definition) is 6. The second-order valence-electron chi connectivity index (χ2n) is 5.85. The van der Waals surface area contributed by atoms with Crippen LogP contribution in [0.4, 0.5) is 0 Å². The third kappa shape index (κ3) is 2.74. The van der Waals surface area contributed by atoms with Crippen LogP contribution in [0, 0.1) is 18.3 Å². The Morgan fingerprint density at radius 2 is 1.92 bits per heavy atom. The molecule has 0 saturated carbocycles. The van der Waals surface area contributed by atoms with Crippen molar-refractivity contribution in [3.8, 4) is 34.4 Å². The monoisotopic (exact) mass is 349 g/mol. The van der Waals surface area contributed by atoms with E-state index in [1.807, 2.05) is 19.1 Å². The Morgan fingerprint density at radius 3 is 2.73 bits per heavy atom. The lowest BCUT2D eigenvalue weighted by atomic mass is 9.99. The summed E-state index contributed by atoms with van der Waals surface area (Å²) in [7, 11) is 0. The zero-order chi connectivity index (χ0) is 18.1. The van der Waals surface area contributed by atoms with E-state index >= 15 is 0 Å². The zero-order valence-electron chi connectivity index (χ0n) is 14.1. The van der Waals surface area contributed by atoms with Crippen molar-refractivity contribution in [1.82, 2.24) is 0 Å². The van der Waals surface area contributed by atoms with E-state index < -0.39 is 5.63 Å². The highest BCUT2D eigenvalue weighted by atomic mass is 16.6. The zero-order valence-corrected chi connectivity index (χ0v) is 14.1. The van der Waals surface area contributed by atoms with E-state index in [0.717, 1.165) is 10.9 Å². The molecule has 0 N–H and O–H groups in total. The molecular formula is C20H15NO5. The fraction of sp³-hybridized carbons (Fsp3) is 0.200. The Morgan fingerprint density at radius 1 is 1.12 bits per heavy atom. The van der Waals surface area contributed by atoms with Crippen LogP contribution in [0.3, 0.4) is 0 Å². The van der Waals surface area contributed by atoms with Crippen molar-refractivity contribution >= 4 is 11.0 Å². The van der Waals surface area contributed by atoms with E-state index in [0.29, 0.717) is 47.2 Å². The van der Waals surface area contributed by atoms with Crippen LogP contribution in [-0.2, 0) is 0 Å². The summed E-state index contributed by atoms with van der Waals surface area (Å²) in [5, 5.41) is 9.42. The molecular weight excluding hydrogens is 334 g/mol. The van der Waals surface area contributed by atoms with Gasteiger partial charge in [-0.1, -0.05) is 6.07 Å². The van der Waals surface area contributed by atoms with E-state index in [4.69, 9.17) is 23.9 Å². The molecule has 1 aliphatic heterocycles. The van der Waals surface area contributed by atoms with Crippen molar-refractivity contribution in [2.75, 3.05) is 19.8 Å². The highest BCUT2D eigenvalue weighted by Crippen LogP contribution is 2.36. The minimum absolute atomic E-state index is 0.0453. The summed E-state index contributed by atoms with van der Waals surface area (Å²) in [6.45, 7) is 2.80. The summed E-state index contributed by atoms with van der Waals surface area (Å²) < 4.78 is 22.0. The topological polar surface area (TPSA) is 81.7 Å². The van der Waals surface area contributed by atoms with E-state index in [-0.39, 0.29) is 6.61 Å². The summed E-state index contributed by atoms with van der Waals surface area (Å²) in [6.07, 6.45) is 0. The number of fused-ring (bicyclic) bond motifs is 2. The Hall–Kier alpha value is -3.46. The van der Waals surface area contributed by atoms with Crippen LogP contribution in [0.15, 0.2) is 45.6 Å². The molecule has 130 valence electrons. The van der Waals surface area contributed by atoms with Gasteiger partial charge in [0.05, 0.1) is 5.56 Å². The quantitative estimate of drug-likeness (QED) is 0.674. The summed E-state index contributed by atoms with van der Waals surface area (Å²) in [5.41, 5.74) is 1.99. The minimum Gasteiger partial charge on any atom is -0.486 e. The van der Waals surface area contributed by atoms with Gasteiger partial charge in [0, 0.05) is 5.39 Å². The van der Waals surface area contributed by atoms with Gasteiger partial charge in [-0.2, -0.15) is 5.26 Å². The first kappa shape index (κ1) is 16.0. The molecule has 26 heavy (non-hydrogen) atoms. The number of rotatable bonds is 3. The van der Waals surface area contributed by atoms with Crippen LogP contribution in [0.5, 0.6) is 17.2 Å². The molecule has 3 aromatic rings. The molecule has 0 spiro atoms. The highest BCUT2D eigenvalue weighted by Gasteiger charge is 2.18. The number of nitrogens with zero attached hydrogens (tertiary/aromatic N) is 1. The van der Waals surface area contributed by atoms with Gasteiger partial charge in [-0.3, -0.25) is 0 Å². The van der Waals surface area contributed by atoms with E-state index in [1.54, 1.807) is 30.3 Å². The molecule has 0 saturated heterocycles. The normalized spacial score (nSPS) is 12.6. The van der Waals surface area contributed by atoms with Crippen molar-refractivity contribution in [2.24, 2.45) is 0 Å². The van der Waals surface area contributed by atoms with E-state index in [1.165, 1.54) is 0 Å². The van der Waals surface area contributed by atoms with Gasteiger partial charge >= 0.3 is 5.63 Å². The van der Waals surface area contributed by atoms with Crippen LogP contribution < -0.4 is 19.8 Å². The Kier molecular flexibility index (Phi) is 3.98. The third-order valence-electron chi connectivity index (χ3n) is 4.27. The molecule has 2 aromatic carbocycles. The van der Waals surface area contributed by atoms with Crippen LogP contribution in [0.2, 0.25) is 0 Å². The maximum atomic E-state index is 12.6. The maximum absolute atomic E-state index is 12.6. The molecule has 2 heterocycles. The lowest BCUT2D eigenvalue weighted by molar-refractivity contribution is 0.171. The van der Waals surface area contributed by atoms with Gasteiger partial charge in [0.15, 0.2) is 18.1 Å². The molecule has 6 nitrogen and oxygen atoms in total. The van der Waals surface area contributed by atoms with Crippen molar-refractivity contribution in [3.05, 3.63) is 52.4 Å². The SMILES string of the molecule is Cc1c(-c2ccc3c(c2)OCCO3)c(=O)oc2ccc(OCC#N)cc12. The molecule has 0 radical (unpaired) electrons. The molecule has 1 aliphatic rings. The predicted octanol–water partition coefficient (Wildman–Crippen LogP) is 3.44. The standard InChI is InChI=1S/C20H15NO5/c1-12-15-11-14(23-7-6-21)3-5-16(15)26-20(22)19(12)13-2-4-17-18(10-13)25-9-8-24-17/h2-5,10-11H,7-9H2,1H3. The fourth-order valence-corrected chi connectivity index (χ4v) is 3.07. The Labute approximate surface area is 149 Å². The Bertz CT molecular complexity index is 1090. The van der Waals surface area contributed by atoms with Gasteiger partial charge < -0.3 is 18.6 Å². The van der Waals surface area contributed by atoms with Gasteiger partial charge in [-0.15, -0.1) is 0 Å². The molecule has 0 aliphatic carbocycles. The average molecular weight is 349 g/mol. The van der Waals surface area contributed by atoms with Gasteiger partial charge in [-0.25, -0.2) is 4.79 Å². The lowest BCUT2D eigenvalue weighted by Crippen LogP contribution is -2.15. The molecule has 1 aromatic heterocycles. The van der Waals surface area contributed by atoms with Crippen LogP contribution in [0.1, 0.15) is 5.56 Å². The summed E-state index contributed by atoms with van der Waals surface area (Å²) in [4.78, 5) is 12.6. The lowest BCUT2D eigenvalue weighted by Gasteiger charge is -2.19. The van der Waals surface area contributed by atoms with E-state index in [9.17, 15) is 4.79 Å². The molecule has 4 rings (SSSR count). The molecule has 0 fully saturated rings. The van der Waals surface area contributed by atoms with Gasteiger partial charge in [0.2, 0.25) is 0 Å². The van der Waals surface area contributed by atoms with Crippen molar-refractivity contribution < 1.29 is 18.6 Å². The second-order valence-corrected chi connectivity index (χ2v) is 5.85. The van der Waals surface area contributed by atoms with Crippen molar-refractivity contribution in [3.63, 3.8) is 0 Å². The average Bonchev–Trinajstić information content (AvgIpc) is 2.66. The largest absolute Gasteiger partial charge is 0.486 e. The van der Waals surface area contributed by atoms with Gasteiger partial charge in [0.1, 0.15) is 30.6 Å². The van der Waals surface area contributed by atoms with Crippen molar-refractivity contribution in [1.29, 1.82) is 5.26 Å². The van der Waals surface area contributed by atoms with Crippen LogP contribution >= 0.6 is 0 Å². The third-order valence-corrected chi connectivity index (χ3v) is 4.27. The van der Waals surface area contributed by atoms with Crippen LogP contribution in [0.25, 0.3) is 22.1 Å². The number of benzene rings is 2. The molecule has 6 heteroatoms. The Balaban J connectivity index is 1.87. The minimum atomic E-state index is -0.419. The molecule has 0 bridgehead atoms. The predicted molar refractivity (Wildman–Crippen MR) is 94.8 cm³/mol. The molecule has 0 unspecified atom stereocenters. The summed E-state index contributed by atoms with van der Waals surface area (Å²) >= 11 is 0. The van der Waals surface area contributed by atoms with Gasteiger partial charge in [-0.05, 0) is 48.4 Å². The maximum Gasteiger partial charge on any atom is 0.344 e. The van der Waals surface area contributed by atoms with E-state index in [2.05, 4.69) is 0 Å². The summed E-state index contributed by atoms with van der Waals surface area (Å²) in [5.74, 6) is 1.82. The number of ether oxygens (including phenoxy) is 3. The number of hydrogen-bond donors (Lipinski definition) is 0. The first-order valence-electron chi connectivity index (χ1n) is 8.14. The van der Waals surface area contributed by atoms with Gasteiger partial charge in [0.25, 0.3) is 0 Å². The smallest absolute Gasteiger partial charge is 0.344 e. The number of aryl methyl sites for hydroxylation is 1. The fourth-order valence-electron chi connectivity index (χ4n) is 3.07. The molecule has 0 amide bonds. The van der Waals surface area contributed by atoms with Crippen molar-refractivity contribution in [2.45, 2.75) is 6.92 Å². The first-order valence-corrected chi connectivity index (χ1v) is 8.14. The van der Waals surface area contributed by atoms with Crippen LogP contribution in [-0.4, -0.2) is 19.8 Å².